The molecule has 0 amide bonds. The molecule has 1 aromatic heterocycles. The van der Waals surface area contributed by atoms with Gasteiger partial charge in [-0.25, -0.2) is 0 Å². The number of ether oxygens (including phenoxy) is 1. The van der Waals surface area contributed by atoms with Crippen LogP contribution in [0.5, 0.6) is 5.75 Å². The van der Waals surface area contributed by atoms with E-state index in [1.165, 1.54) is 10.5 Å². The third-order valence-corrected chi connectivity index (χ3v) is 4.00. The summed E-state index contributed by atoms with van der Waals surface area (Å²) >= 11 is 1.85. The first kappa shape index (κ1) is 14.9. The van der Waals surface area contributed by atoms with Crippen LogP contribution < -0.4 is 10.1 Å². The van der Waals surface area contributed by atoms with E-state index >= 15 is 0 Å². The molecule has 1 atom stereocenters. The summed E-state index contributed by atoms with van der Waals surface area (Å²) in [6.07, 6.45) is 1.80. The smallest absolute Gasteiger partial charge is 0.142 e. The first-order valence-corrected chi connectivity index (χ1v) is 7.67. The minimum atomic E-state index is 0.0341. The zero-order chi connectivity index (χ0) is 14.4. The Labute approximate surface area is 124 Å². The highest BCUT2D eigenvalue weighted by Gasteiger charge is 2.17. The van der Waals surface area contributed by atoms with E-state index in [1.807, 2.05) is 30.9 Å². The van der Waals surface area contributed by atoms with E-state index in [9.17, 15) is 0 Å². The lowest BCUT2D eigenvalue weighted by Crippen LogP contribution is -2.19. The van der Waals surface area contributed by atoms with Gasteiger partial charge in [0.25, 0.3) is 0 Å². The summed E-state index contributed by atoms with van der Waals surface area (Å²) in [6, 6.07) is 12.5. The van der Waals surface area contributed by atoms with Crippen LogP contribution in [0.1, 0.15) is 24.2 Å². The van der Waals surface area contributed by atoms with Crippen molar-refractivity contribution in [3.8, 4) is 5.75 Å². The molecule has 2 aromatic rings. The number of hydrogen-bond donors (Lipinski definition) is 1. The Bertz CT molecular complexity index is 542. The summed E-state index contributed by atoms with van der Waals surface area (Å²) in [7, 11) is 3.61. The fraction of sp³-hybridized carbons (Fsp3) is 0.312. The minimum Gasteiger partial charge on any atom is -0.495 e. The minimum absolute atomic E-state index is 0.0341. The zero-order valence-electron chi connectivity index (χ0n) is 12.1. The van der Waals surface area contributed by atoms with E-state index in [2.05, 4.69) is 41.5 Å². The molecule has 0 radical (unpaired) electrons. The number of hydrogen-bond acceptors (Lipinski definition) is 4. The molecule has 4 heteroatoms. The maximum atomic E-state index is 5.41. The molecule has 2 rings (SSSR count). The Balaban J connectivity index is 2.31. The molecule has 1 unspecified atom stereocenters. The van der Waals surface area contributed by atoms with Gasteiger partial charge in [-0.3, -0.25) is 4.98 Å². The van der Waals surface area contributed by atoms with Crippen molar-refractivity contribution in [1.29, 1.82) is 0 Å². The molecule has 1 aromatic carbocycles. The van der Waals surface area contributed by atoms with Gasteiger partial charge < -0.3 is 10.1 Å². The van der Waals surface area contributed by atoms with Crippen LogP contribution in [0.2, 0.25) is 0 Å². The Hall–Kier alpha value is -1.52. The molecular weight excluding hydrogens is 268 g/mol. The summed E-state index contributed by atoms with van der Waals surface area (Å²) in [5.41, 5.74) is 2.10. The predicted molar refractivity (Wildman–Crippen MR) is 84.5 cm³/mol. The molecule has 0 spiro atoms. The van der Waals surface area contributed by atoms with Crippen LogP contribution in [-0.2, 0) is 0 Å². The van der Waals surface area contributed by atoms with Crippen LogP contribution >= 0.6 is 11.8 Å². The number of rotatable bonds is 6. The lowest BCUT2D eigenvalue weighted by atomic mass is 10.0. The molecule has 0 fully saturated rings. The second-order valence-electron chi connectivity index (χ2n) is 4.31. The molecule has 0 aliphatic carbocycles. The average Bonchev–Trinajstić information content (AvgIpc) is 2.50. The van der Waals surface area contributed by atoms with Crippen LogP contribution in [0.3, 0.4) is 0 Å². The molecule has 106 valence electrons. The van der Waals surface area contributed by atoms with E-state index < -0.39 is 0 Å². The van der Waals surface area contributed by atoms with E-state index in [0.29, 0.717) is 0 Å². The van der Waals surface area contributed by atoms with Crippen molar-refractivity contribution in [3.63, 3.8) is 0 Å². The molecule has 0 aliphatic rings. The maximum Gasteiger partial charge on any atom is 0.142 e. The normalized spacial score (nSPS) is 12.2. The van der Waals surface area contributed by atoms with Crippen molar-refractivity contribution in [2.75, 3.05) is 19.9 Å². The number of methoxy groups -OCH3 is 1. The van der Waals surface area contributed by atoms with Gasteiger partial charge in [0.05, 0.1) is 13.2 Å². The monoisotopic (exact) mass is 288 g/mol. The highest BCUT2D eigenvalue weighted by molar-refractivity contribution is 7.99. The lowest BCUT2D eigenvalue weighted by Gasteiger charge is -2.18. The standard InChI is InChI=1S/C16H20N2OS/c1-4-20-13-9-7-12(8-10-13)15(17-2)16-14(19-3)6-5-11-18-16/h5-11,15,17H,4H2,1-3H3. The van der Waals surface area contributed by atoms with Crippen LogP contribution in [0.25, 0.3) is 0 Å². The van der Waals surface area contributed by atoms with E-state index in [1.54, 1.807) is 13.3 Å². The number of nitrogens with zero attached hydrogens (tertiary/aromatic N) is 1. The first-order chi connectivity index (χ1) is 9.80. The SMILES string of the molecule is CCSc1ccc(C(NC)c2ncccc2OC)cc1. The zero-order valence-corrected chi connectivity index (χ0v) is 12.9. The number of nitrogens with one attached hydrogen (secondary N) is 1. The van der Waals surface area contributed by atoms with Crippen molar-refractivity contribution in [2.45, 2.75) is 17.9 Å². The molecule has 20 heavy (non-hydrogen) atoms. The third-order valence-electron chi connectivity index (χ3n) is 3.11. The quantitative estimate of drug-likeness (QED) is 0.825. The average molecular weight is 288 g/mol. The first-order valence-electron chi connectivity index (χ1n) is 6.69. The Kier molecular flexibility index (Phi) is 5.44. The maximum absolute atomic E-state index is 5.41. The number of benzene rings is 1. The highest BCUT2D eigenvalue weighted by atomic mass is 32.2. The summed E-state index contributed by atoms with van der Waals surface area (Å²) in [5.74, 6) is 1.89. The van der Waals surface area contributed by atoms with Crippen molar-refractivity contribution >= 4 is 11.8 Å². The van der Waals surface area contributed by atoms with Gasteiger partial charge in [0, 0.05) is 11.1 Å². The molecule has 1 N–H and O–H groups in total. The van der Waals surface area contributed by atoms with Gasteiger partial charge in [-0.15, -0.1) is 11.8 Å². The Morgan fingerprint density at radius 1 is 1.25 bits per heavy atom. The molecular formula is C16H20N2OS. The van der Waals surface area contributed by atoms with Gasteiger partial charge in [0.15, 0.2) is 0 Å². The largest absolute Gasteiger partial charge is 0.495 e. The van der Waals surface area contributed by atoms with Crippen molar-refractivity contribution < 1.29 is 4.74 Å². The fourth-order valence-electron chi connectivity index (χ4n) is 2.18. The van der Waals surface area contributed by atoms with Gasteiger partial charge in [0.1, 0.15) is 11.4 Å². The molecule has 0 saturated heterocycles. The topological polar surface area (TPSA) is 34.2 Å². The van der Waals surface area contributed by atoms with Gasteiger partial charge >= 0.3 is 0 Å². The second-order valence-corrected chi connectivity index (χ2v) is 5.65. The summed E-state index contributed by atoms with van der Waals surface area (Å²) in [4.78, 5) is 5.75. The van der Waals surface area contributed by atoms with Crippen molar-refractivity contribution in [3.05, 3.63) is 53.9 Å². The van der Waals surface area contributed by atoms with Crippen LogP contribution in [0.15, 0.2) is 47.5 Å². The molecule has 0 saturated carbocycles. The van der Waals surface area contributed by atoms with Crippen LogP contribution in [0.4, 0.5) is 0 Å². The van der Waals surface area contributed by atoms with Crippen molar-refractivity contribution in [2.24, 2.45) is 0 Å². The van der Waals surface area contributed by atoms with E-state index in [0.717, 1.165) is 17.2 Å². The number of thioether (sulfide) groups is 1. The third kappa shape index (κ3) is 3.32. The van der Waals surface area contributed by atoms with Crippen LogP contribution in [0, 0.1) is 0 Å². The molecule has 1 heterocycles. The van der Waals surface area contributed by atoms with Crippen LogP contribution in [-0.4, -0.2) is 24.9 Å². The van der Waals surface area contributed by atoms with Gasteiger partial charge in [-0.2, -0.15) is 0 Å². The lowest BCUT2D eigenvalue weighted by molar-refractivity contribution is 0.401. The molecule has 3 nitrogen and oxygen atoms in total. The Morgan fingerprint density at radius 2 is 2.00 bits per heavy atom. The summed E-state index contributed by atoms with van der Waals surface area (Å²) in [5, 5.41) is 3.31. The predicted octanol–water partition coefficient (Wildman–Crippen LogP) is 3.51. The highest BCUT2D eigenvalue weighted by Crippen LogP contribution is 2.29. The summed E-state index contributed by atoms with van der Waals surface area (Å²) < 4.78 is 5.41. The second kappa shape index (κ2) is 7.31. The molecule has 0 aliphatic heterocycles. The van der Waals surface area contributed by atoms with Gasteiger partial charge in [-0.05, 0) is 42.6 Å². The van der Waals surface area contributed by atoms with E-state index in [4.69, 9.17) is 4.74 Å². The molecule has 0 bridgehead atoms. The Morgan fingerprint density at radius 3 is 2.60 bits per heavy atom. The van der Waals surface area contributed by atoms with Crippen molar-refractivity contribution in [1.82, 2.24) is 10.3 Å². The fourth-order valence-corrected chi connectivity index (χ4v) is 2.84. The summed E-state index contributed by atoms with van der Waals surface area (Å²) in [6.45, 7) is 2.16. The number of pyridine rings is 1. The number of aromatic nitrogens is 1. The van der Waals surface area contributed by atoms with Gasteiger partial charge in [0.2, 0.25) is 0 Å². The van der Waals surface area contributed by atoms with Gasteiger partial charge in [-0.1, -0.05) is 19.1 Å². The van der Waals surface area contributed by atoms with E-state index in [-0.39, 0.29) is 6.04 Å².